The number of pyridine rings is 2. The van der Waals surface area contributed by atoms with Crippen LogP contribution < -0.4 is 5.32 Å². The number of nitrogens with zero attached hydrogens (tertiary/aromatic N) is 3. The van der Waals surface area contributed by atoms with Gasteiger partial charge in [-0.15, -0.1) is 0 Å². The molecule has 0 bridgehead atoms. The van der Waals surface area contributed by atoms with Gasteiger partial charge in [0.15, 0.2) is 0 Å². The van der Waals surface area contributed by atoms with E-state index in [-0.39, 0.29) is 5.91 Å². The molecule has 6 rings (SSSR count). The highest BCUT2D eigenvalue weighted by molar-refractivity contribution is 6.66. The topological polar surface area (TPSA) is 75.2 Å². The molecule has 4 aliphatic rings. The van der Waals surface area contributed by atoms with Gasteiger partial charge >= 0.3 is 0 Å². The highest BCUT2D eigenvalue weighted by Crippen LogP contribution is 2.41. The SMILES string of the molecule is C1=C(c2ccncc2)CC2CNCC12.C=CC(=O)Cl.C=CC(=O)N1CC2C=C(c3ccncc3)CC2C1. The number of carbonyl (C=O) groups is 2. The fourth-order valence-electron chi connectivity index (χ4n) is 5.56. The van der Waals surface area contributed by atoms with Crippen LogP contribution in [0.5, 0.6) is 0 Å². The molecule has 2 aromatic heterocycles. The number of nitrogens with one attached hydrogen (secondary N) is 1. The number of fused-ring (bicyclic) bond motifs is 2. The lowest BCUT2D eigenvalue weighted by Gasteiger charge is -2.14. The summed E-state index contributed by atoms with van der Waals surface area (Å²) in [7, 11) is 0. The predicted molar refractivity (Wildman–Crippen MR) is 148 cm³/mol. The van der Waals surface area contributed by atoms with Crippen molar-refractivity contribution in [3.05, 3.63) is 97.6 Å². The van der Waals surface area contributed by atoms with Crippen molar-refractivity contribution in [1.29, 1.82) is 0 Å². The monoisotopic (exact) mass is 516 g/mol. The zero-order chi connectivity index (χ0) is 26.2. The molecular formula is C30H33ClN4O2. The Morgan fingerprint density at radius 1 is 0.838 bits per heavy atom. The normalized spacial score (nSPS) is 24.8. The molecule has 4 unspecified atom stereocenters. The van der Waals surface area contributed by atoms with Gasteiger partial charge in [-0.05, 0) is 113 Å². The summed E-state index contributed by atoms with van der Waals surface area (Å²) < 4.78 is 0. The number of rotatable bonds is 4. The summed E-state index contributed by atoms with van der Waals surface area (Å²) in [6.07, 6.45) is 16.9. The van der Waals surface area contributed by atoms with Gasteiger partial charge in [-0.25, -0.2) is 0 Å². The van der Waals surface area contributed by atoms with Crippen LogP contribution in [-0.2, 0) is 9.59 Å². The van der Waals surface area contributed by atoms with E-state index in [0.717, 1.165) is 37.4 Å². The van der Waals surface area contributed by atoms with E-state index in [2.05, 4.69) is 64.9 Å². The first-order valence-electron chi connectivity index (χ1n) is 12.6. The Hall–Kier alpha value is -3.35. The third-order valence-electron chi connectivity index (χ3n) is 7.43. The number of allylic oxidation sites excluding steroid dienone is 3. The second-order valence-electron chi connectivity index (χ2n) is 9.73. The smallest absolute Gasteiger partial charge is 0.245 e. The van der Waals surface area contributed by atoms with Crippen LogP contribution in [0.15, 0.2) is 86.5 Å². The molecule has 1 amide bonds. The number of hydrogen-bond donors (Lipinski definition) is 1. The molecular weight excluding hydrogens is 484 g/mol. The van der Waals surface area contributed by atoms with Crippen LogP contribution in [0.2, 0.25) is 0 Å². The number of likely N-dealkylation sites (tertiary alicyclic amines) is 1. The minimum atomic E-state index is -0.509. The molecule has 2 saturated heterocycles. The zero-order valence-corrected chi connectivity index (χ0v) is 21.7. The molecule has 4 atom stereocenters. The van der Waals surface area contributed by atoms with Gasteiger partial charge in [0.2, 0.25) is 11.1 Å². The number of aromatic nitrogens is 2. The van der Waals surface area contributed by atoms with Crippen molar-refractivity contribution >= 4 is 33.9 Å². The Kier molecular flexibility index (Phi) is 9.20. The van der Waals surface area contributed by atoms with E-state index in [4.69, 9.17) is 11.6 Å². The molecule has 4 heterocycles. The van der Waals surface area contributed by atoms with Gasteiger partial charge in [0, 0.05) is 44.4 Å². The number of amides is 1. The lowest BCUT2D eigenvalue weighted by atomic mass is 9.99. The molecule has 7 heteroatoms. The minimum absolute atomic E-state index is 0.0586. The molecule has 0 aromatic carbocycles. The number of hydrogen-bond acceptors (Lipinski definition) is 5. The molecule has 0 spiro atoms. The summed E-state index contributed by atoms with van der Waals surface area (Å²) in [4.78, 5) is 31.0. The Morgan fingerprint density at radius 3 is 1.86 bits per heavy atom. The van der Waals surface area contributed by atoms with E-state index in [0.29, 0.717) is 11.8 Å². The maximum absolute atomic E-state index is 11.6. The Balaban J connectivity index is 0.000000150. The molecule has 37 heavy (non-hydrogen) atoms. The van der Waals surface area contributed by atoms with Crippen molar-refractivity contribution in [3.8, 4) is 0 Å². The van der Waals surface area contributed by atoms with Gasteiger partial charge < -0.3 is 10.2 Å². The third kappa shape index (κ3) is 6.90. The fourth-order valence-corrected chi connectivity index (χ4v) is 5.56. The zero-order valence-electron chi connectivity index (χ0n) is 20.9. The summed E-state index contributed by atoms with van der Waals surface area (Å²) in [5.41, 5.74) is 5.54. The van der Waals surface area contributed by atoms with E-state index in [1.165, 1.54) is 47.9 Å². The molecule has 6 nitrogen and oxygen atoms in total. The molecule has 2 fully saturated rings. The van der Waals surface area contributed by atoms with Crippen LogP contribution in [0.25, 0.3) is 11.1 Å². The second kappa shape index (κ2) is 12.7. The van der Waals surface area contributed by atoms with Crippen molar-refractivity contribution in [1.82, 2.24) is 20.2 Å². The fraction of sp³-hybridized carbons (Fsp3) is 0.333. The van der Waals surface area contributed by atoms with E-state index in [1.54, 1.807) is 0 Å². The first kappa shape index (κ1) is 26.7. The predicted octanol–water partition coefficient (Wildman–Crippen LogP) is 4.77. The van der Waals surface area contributed by atoms with Crippen molar-refractivity contribution in [2.24, 2.45) is 23.7 Å². The number of carbonyl (C=O) groups excluding carboxylic acids is 2. The van der Waals surface area contributed by atoms with E-state index < -0.39 is 5.24 Å². The number of halogens is 1. The molecule has 192 valence electrons. The Morgan fingerprint density at radius 2 is 1.38 bits per heavy atom. The van der Waals surface area contributed by atoms with Gasteiger partial charge in [-0.2, -0.15) is 0 Å². The molecule has 0 radical (unpaired) electrons. The van der Waals surface area contributed by atoms with E-state index in [1.807, 2.05) is 29.7 Å². The summed E-state index contributed by atoms with van der Waals surface area (Å²) in [5.74, 6) is 2.77. The van der Waals surface area contributed by atoms with Crippen molar-refractivity contribution in [3.63, 3.8) is 0 Å². The maximum atomic E-state index is 11.6. The Bertz CT molecular complexity index is 1180. The second-order valence-corrected chi connectivity index (χ2v) is 10.1. The van der Waals surface area contributed by atoms with Crippen LogP contribution in [0.1, 0.15) is 24.0 Å². The Labute approximate surface area is 223 Å². The molecule has 2 aliphatic carbocycles. The lowest BCUT2D eigenvalue weighted by Crippen LogP contribution is -2.27. The molecule has 2 aromatic rings. The summed E-state index contributed by atoms with van der Waals surface area (Å²) >= 11 is 4.71. The standard InChI is InChI=1S/C15H16N2O.C12H14N2.C3H3ClO/c1-2-15(18)17-9-13-7-12(8-14(13)10-17)11-3-5-16-6-4-11;1-3-13-4-2-9(1)10-5-11-7-14-8-12(11)6-10;1-2-3(4)5/h2-7,13-14H,1,8-10H2;1-5,11-12,14H,6-8H2;2H,1H2. The summed E-state index contributed by atoms with van der Waals surface area (Å²) in [6.45, 7) is 10.7. The molecule has 0 saturated carbocycles. The van der Waals surface area contributed by atoms with Crippen LogP contribution in [-0.4, -0.2) is 52.2 Å². The minimum Gasteiger partial charge on any atom is -0.338 e. The molecule has 2 aliphatic heterocycles. The van der Waals surface area contributed by atoms with Gasteiger partial charge in [0.05, 0.1) is 0 Å². The van der Waals surface area contributed by atoms with Crippen LogP contribution in [0, 0.1) is 23.7 Å². The lowest BCUT2D eigenvalue weighted by molar-refractivity contribution is -0.125. The van der Waals surface area contributed by atoms with Crippen molar-refractivity contribution < 1.29 is 9.59 Å². The van der Waals surface area contributed by atoms with Crippen molar-refractivity contribution in [2.75, 3.05) is 26.2 Å². The molecule has 1 N–H and O–H groups in total. The van der Waals surface area contributed by atoms with Gasteiger partial charge in [0.25, 0.3) is 0 Å². The largest absolute Gasteiger partial charge is 0.338 e. The average molecular weight is 517 g/mol. The first-order valence-corrected chi connectivity index (χ1v) is 13.0. The van der Waals surface area contributed by atoms with Crippen LogP contribution >= 0.6 is 11.6 Å². The van der Waals surface area contributed by atoms with Gasteiger partial charge in [0.1, 0.15) is 0 Å². The third-order valence-corrected chi connectivity index (χ3v) is 7.58. The van der Waals surface area contributed by atoms with Crippen LogP contribution in [0.3, 0.4) is 0 Å². The highest BCUT2D eigenvalue weighted by atomic mass is 35.5. The van der Waals surface area contributed by atoms with Crippen LogP contribution in [0.4, 0.5) is 0 Å². The summed E-state index contributed by atoms with van der Waals surface area (Å²) in [5, 5.41) is 2.93. The average Bonchev–Trinajstić information content (AvgIpc) is 3.70. The first-order chi connectivity index (χ1) is 18.0. The summed E-state index contributed by atoms with van der Waals surface area (Å²) in [6, 6.07) is 8.33. The van der Waals surface area contributed by atoms with E-state index in [9.17, 15) is 9.59 Å². The maximum Gasteiger partial charge on any atom is 0.245 e. The van der Waals surface area contributed by atoms with Gasteiger partial charge in [-0.1, -0.05) is 25.3 Å². The highest BCUT2D eigenvalue weighted by Gasteiger charge is 2.37. The van der Waals surface area contributed by atoms with E-state index >= 15 is 0 Å². The van der Waals surface area contributed by atoms with Gasteiger partial charge in [-0.3, -0.25) is 19.6 Å². The quantitative estimate of drug-likeness (QED) is 0.468. The van der Waals surface area contributed by atoms with Crippen molar-refractivity contribution in [2.45, 2.75) is 12.8 Å².